The van der Waals surface area contributed by atoms with E-state index < -0.39 is 16.1 Å². The second-order valence-electron chi connectivity index (χ2n) is 6.99. The van der Waals surface area contributed by atoms with Crippen LogP contribution < -0.4 is 14.4 Å². The van der Waals surface area contributed by atoms with Crippen LogP contribution in [0.25, 0.3) is 0 Å². The van der Waals surface area contributed by atoms with Crippen molar-refractivity contribution < 1.29 is 17.9 Å². The number of rotatable bonds is 11. The second-order valence-corrected chi connectivity index (χ2v) is 9.96. The predicted octanol–water partition coefficient (Wildman–Crippen LogP) is 3.60. The maximum Gasteiger partial charge on any atom is 0.243 e. The van der Waals surface area contributed by atoms with Gasteiger partial charge in [0.05, 0.1) is 18.6 Å². The lowest BCUT2D eigenvalue weighted by atomic mass is 10.2. The van der Waals surface area contributed by atoms with E-state index in [4.69, 9.17) is 4.74 Å². The zero-order valence-electron chi connectivity index (χ0n) is 17.9. The van der Waals surface area contributed by atoms with Gasteiger partial charge in [0.1, 0.15) is 11.8 Å². The minimum Gasteiger partial charge on any atom is -0.494 e. The first-order chi connectivity index (χ1) is 14.2. The lowest BCUT2D eigenvalue weighted by Crippen LogP contribution is -2.48. The molecule has 1 N–H and O–H groups in total. The van der Waals surface area contributed by atoms with Gasteiger partial charge in [-0.2, -0.15) is 11.8 Å². The van der Waals surface area contributed by atoms with Crippen molar-refractivity contribution in [1.29, 1.82) is 0 Å². The monoisotopic (exact) mass is 450 g/mol. The Labute approximate surface area is 184 Å². The number of carbonyl (C=O) groups is 1. The molecular formula is C22H30N2O4S2. The summed E-state index contributed by atoms with van der Waals surface area (Å²) in [6.45, 7) is 6.53. The number of nitrogens with zero attached hydrogens (tertiary/aromatic N) is 1. The van der Waals surface area contributed by atoms with Crippen LogP contribution in [0.4, 0.5) is 5.69 Å². The Morgan fingerprint density at radius 1 is 1.20 bits per heavy atom. The molecule has 6 nitrogen and oxygen atoms in total. The number of carbonyl (C=O) groups excluding carboxylic acids is 1. The summed E-state index contributed by atoms with van der Waals surface area (Å²) in [5.74, 6) is 1.94. The molecule has 2 rings (SSSR count). The summed E-state index contributed by atoms with van der Waals surface area (Å²) in [6.07, 6.45) is 1.10. The van der Waals surface area contributed by atoms with Crippen LogP contribution in [-0.2, 0) is 20.6 Å². The van der Waals surface area contributed by atoms with Gasteiger partial charge in [-0.05, 0) is 50.6 Å². The first-order valence-electron chi connectivity index (χ1n) is 9.85. The Kier molecular flexibility index (Phi) is 9.05. The Morgan fingerprint density at radius 2 is 1.90 bits per heavy atom. The average Bonchev–Trinajstić information content (AvgIpc) is 2.68. The molecule has 2 aromatic carbocycles. The smallest absolute Gasteiger partial charge is 0.243 e. The fraction of sp³-hybridized carbons (Fsp3) is 0.409. The van der Waals surface area contributed by atoms with E-state index in [-0.39, 0.29) is 5.91 Å². The number of aryl methyl sites for hydroxylation is 1. The molecule has 0 saturated carbocycles. The fourth-order valence-corrected chi connectivity index (χ4v) is 5.03. The Balaban J connectivity index is 1.92. The maximum atomic E-state index is 12.6. The van der Waals surface area contributed by atoms with Crippen molar-refractivity contribution in [2.45, 2.75) is 32.6 Å². The zero-order chi connectivity index (χ0) is 22.1. The molecule has 0 radical (unpaired) electrons. The molecule has 0 aliphatic heterocycles. The van der Waals surface area contributed by atoms with Crippen LogP contribution in [0.2, 0.25) is 0 Å². The first kappa shape index (κ1) is 24.1. The molecular weight excluding hydrogens is 420 g/mol. The number of nitrogens with one attached hydrogen (secondary N) is 1. The highest BCUT2D eigenvalue weighted by molar-refractivity contribution is 7.98. The predicted molar refractivity (Wildman–Crippen MR) is 125 cm³/mol. The van der Waals surface area contributed by atoms with Gasteiger partial charge >= 0.3 is 0 Å². The number of benzene rings is 2. The Hall–Kier alpha value is -2.19. The van der Waals surface area contributed by atoms with Crippen LogP contribution in [0, 0.1) is 6.92 Å². The lowest BCUT2D eigenvalue weighted by molar-refractivity contribution is -0.121. The summed E-state index contributed by atoms with van der Waals surface area (Å²) >= 11 is 1.72. The van der Waals surface area contributed by atoms with Crippen molar-refractivity contribution in [1.82, 2.24) is 5.32 Å². The number of sulfonamides is 1. The van der Waals surface area contributed by atoms with Crippen LogP contribution in [0.15, 0.2) is 48.5 Å². The molecule has 0 spiro atoms. The molecule has 0 saturated heterocycles. The third-order valence-corrected chi connectivity index (χ3v) is 6.66. The number of thioether (sulfide) groups is 1. The molecule has 0 fully saturated rings. The van der Waals surface area contributed by atoms with E-state index in [9.17, 15) is 13.2 Å². The number of ether oxygens (including phenoxy) is 1. The van der Waals surface area contributed by atoms with E-state index in [2.05, 4.69) is 30.4 Å². The lowest BCUT2D eigenvalue weighted by Gasteiger charge is -2.28. The summed E-state index contributed by atoms with van der Waals surface area (Å²) in [5, 5.41) is 2.84. The number of hydrogen-bond acceptors (Lipinski definition) is 5. The highest BCUT2D eigenvalue weighted by atomic mass is 32.2. The quantitative estimate of drug-likeness (QED) is 0.530. The van der Waals surface area contributed by atoms with Crippen molar-refractivity contribution in [2.24, 2.45) is 0 Å². The van der Waals surface area contributed by atoms with Gasteiger partial charge in [-0.1, -0.05) is 29.8 Å². The molecule has 0 aromatic heterocycles. The highest BCUT2D eigenvalue weighted by Crippen LogP contribution is 2.24. The first-order valence-corrected chi connectivity index (χ1v) is 12.9. The molecule has 0 aliphatic rings. The Bertz CT molecular complexity index is 930. The second kappa shape index (κ2) is 11.3. The normalized spacial score (nSPS) is 12.3. The van der Waals surface area contributed by atoms with E-state index in [1.165, 1.54) is 11.1 Å². The standard InChI is InChI=1S/C22H30N2O4S2/c1-5-28-21-11-9-20(10-12-21)24(30(4,26)27)18(3)22(25)23-13-14-29-16-19-8-6-7-17(2)15-19/h6-12,15,18H,5,13-14,16H2,1-4H3,(H,23,25)/t18-/m0/s1. The summed E-state index contributed by atoms with van der Waals surface area (Å²) < 4.78 is 31.3. The van der Waals surface area contributed by atoms with Crippen molar-refractivity contribution in [2.75, 3.05) is 29.5 Å². The summed E-state index contributed by atoms with van der Waals surface area (Å²) in [6, 6.07) is 14.2. The largest absolute Gasteiger partial charge is 0.494 e. The number of anilines is 1. The molecule has 1 atom stereocenters. The van der Waals surface area contributed by atoms with E-state index in [1.54, 1.807) is 43.0 Å². The fourth-order valence-electron chi connectivity index (χ4n) is 3.05. The van der Waals surface area contributed by atoms with Crippen LogP contribution >= 0.6 is 11.8 Å². The van der Waals surface area contributed by atoms with Gasteiger partial charge in [0, 0.05) is 18.1 Å². The van der Waals surface area contributed by atoms with Crippen LogP contribution in [-0.4, -0.2) is 45.5 Å². The highest BCUT2D eigenvalue weighted by Gasteiger charge is 2.28. The summed E-state index contributed by atoms with van der Waals surface area (Å²) in [4.78, 5) is 12.6. The zero-order valence-corrected chi connectivity index (χ0v) is 19.6. The van der Waals surface area contributed by atoms with E-state index >= 15 is 0 Å². The van der Waals surface area contributed by atoms with Crippen LogP contribution in [0.3, 0.4) is 0 Å². The van der Waals surface area contributed by atoms with Crippen molar-refractivity contribution in [3.8, 4) is 5.75 Å². The van der Waals surface area contributed by atoms with Gasteiger partial charge in [-0.3, -0.25) is 9.10 Å². The van der Waals surface area contributed by atoms with E-state index in [0.717, 1.165) is 22.1 Å². The van der Waals surface area contributed by atoms with Gasteiger partial charge in [0.15, 0.2) is 0 Å². The molecule has 0 bridgehead atoms. The van der Waals surface area contributed by atoms with E-state index in [0.29, 0.717) is 24.6 Å². The van der Waals surface area contributed by atoms with E-state index in [1.807, 2.05) is 13.0 Å². The third-order valence-electron chi connectivity index (χ3n) is 4.39. The molecule has 1 amide bonds. The Morgan fingerprint density at radius 3 is 2.50 bits per heavy atom. The molecule has 0 heterocycles. The van der Waals surface area contributed by atoms with Crippen LogP contribution in [0.1, 0.15) is 25.0 Å². The summed E-state index contributed by atoms with van der Waals surface area (Å²) in [7, 11) is -3.64. The van der Waals surface area contributed by atoms with Crippen molar-refractivity contribution >= 4 is 33.4 Å². The molecule has 2 aromatic rings. The van der Waals surface area contributed by atoms with Crippen molar-refractivity contribution in [3.05, 3.63) is 59.7 Å². The maximum absolute atomic E-state index is 12.6. The summed E-state index contributed by atoms with van der Waals surface area (Å²) in [5.41, 5.74) is 2.90. The van der Waals surface area contributed by atoms with Crippen LogP contribution in [0.5, 0.6) is 5.75 Å². The van der Waals surface area contributed by atoms with Gasteiger partial charge in [0.2, 0.25) is 15.9 Å². The van der Waals surface area contributed by atoms with Gasteiger partial charge in [0.25, 0.3) is 0 Å². The minimum absolute atomic E-state index is 0.328. The van der Waals surface area contributed by atoms with Gasteiger partial charge in [-0.25, -0.2) is 8.42 Å². The van der Waals surface area contributed by atoms with Gasteiger partial charge in [-0.15, -0.1) is 0 Å². The molecule has 30 heavy (non-hydrogen) atoms. The third kappa shape index (κ3) is 7.25. The van der Waals surface area contributed by atoms with Gasteiger partial charge < -0.3 is 10.1 Å². The molecule has 164 valence electrons. The van der Waals surface area contributed by atoms with Crippen molar-refractivity contribution in [3.63, 3.8) is 0 Å². The SMILES string of the molecule is CCOc1ccc(N([C@@H](C)C(=O)NCCSCc2cccc(C)c2)S(C)(=O)=O)cc1. The average molecular weight is 451 g/mol. The molecule has 0 unspecified atom stereocenters. The molecule has 0 aliphatic carbocycles. The number of amides is 1. The minimum atomic E-state index is -3.64. The topological polar surface area (TPSA) is 75.7 Å². The number of hydrogen-bond donors (Lipinski definition) is 1. The molecule has 8 heteroatoms.